The summed E-state index contributed by atoms with van der Waals surface area (Å²) in [6.45, 7) is 4.19. The minimum atomic E-state index is 0.397. The van der Waals surface area contributed by atoms with Crippen LogP contribution in [0, 0.1) is 0 Å². The SMILES string of the molecule is C/C=C/[C@H]1CCC[C@H](C)O1. The molecule has 0 aromatic carbocycles. The predicted octanol–water partition coefficient (Wildman–Crippen LogP) is 2.52. The van der Waals surface area contributed by atoms with Crippen LogP contribution in [0.15, 0.2) is 12.2 Å². The molecule has 0 radical (unpaired) electrons. The van der Waals surface area contributed by atoms with Crippen LogP contribution in [0.2, 0.25) is 0 Å². The predicted molar refractivity (Wildman–Crippen MR) is 43.0 cm³/mol. The van der Waals surface area contributed by atoms with Gasteiger partial charge in [0.05, 0.1) is 12.2 Å². The molecule has 1 saturated heterocycles. The Labute approximate surface area is 63.1 Å². The summed E-state index contributed by atoms with van der Waals surface area (Å²) in [6.07, 6.45) is 8.83. The Bertz CT molecular complexity index is 118. The van der Waals surface area contributed by atoms with E-state index in [0.29, 0.717) is 12.2 Å². The average molecular weight is 140 g/mol. The highest BCUT2D eigenvalue weighted by Gasteiger charge is 2.15. The molecule has 0 saturated carbocycles. The van der Waals surface area contributed by atoms with E-state index in [4.69, 9.17) is 4.74 Å². The lowest BCUT2D eigenvalue weighted by molar-refractivity contribution is -0.0141. The van der Waals surface area contributed by atoms with Crippen LogP contribution < -0.4 is 0 Å². The molecule has 1 rings (SSSR count). The van der Waals surface area contributed by atoms with Crippen LogP contribution in [0.3, 0.4) is 0 Å². The molecule has 0 bridgehead atoms. The van der Waals surface area contributed by atoms with E-state index in [9.17, 15) is 0 Å². The molecule has 10 heavy (non-hydrogen) atoms. The summed E-state index contributed by atoms with van der Waals surface area (Å²) in [6, 6.07) is 0. The zero-order valence-electron chi connectivity index (χ0n) is 6.84. The molecule has 1 fully saturated rings. The smallest absolute Gasteiger partial charge is 0.0759 e. The largest absolute Gasteiger partial charge is 0.371 e. The molecule has 0 amide bonds. The molecular weight excluding hydrogens is 124 g/mol. The van der Waals surface area contributed by atoms with Crippen LogP contribution in [0.4, 0.5) is 0 Å². The monoisotopic (exact) mass is 140 g/mol. The van der Waals surface area contributed by atoms with Gasteiger partial charge in [-0.3, -0.25) is 0 Å². The molecule has 1 aliphatic rings. The third kappa shape index (κ3) is 2.14. The van der Waals surface area contributed by atoms with Crippen molar-refractivity contribution in [1.82, 2.24) is 0 Å². The fourth-order valence-electron chi connectivity index (χ4n) is 1.40. The normalized spacial score (nSPS) is 35.0. The molecule has 0 aliphatic carbocycles. The van der Waals surface area contributed by atoms with Crippen LogP contribution in [0.1, 0.15) is 33.1 Å². The molecule has 1 heteroatoms. The van der Waals surface area contributed by atoms with Crippen molar-refractivity contribution in [2.24, 2.45) is 0 Å². The molecule has 1 aliphatic heterocycles. The number of rotatable bonds is 1. The van der Waals surface area contributed by atoms with Crippen molar-refractivity contribution in [3.05, 3.63) is 12.2 Å². The first kappa shape index (κ1) is 7.80. The summed E-state index contributed by atoms with van der Waals surface area (Å²) < 4.78 is 5.64. The number of hydrogen-bond donors (Lipinski definition) is 0. The van der Waals surface area contributed by atoms with Crippen molar-refractivity contribution >= 4 is 0 Å². The van der Waals surface area contributed by atoms with Crippen LogP contribution in [0.5, 0.6) is 0 Å². The first-order valence-electron chi connectivity index (χ1n) is 4.11. The van der Waals surface area contributed by atoms with Crippen LogP contribution >= 0.6 is 0 Å². The van der Waals surface area contributed by atoms with Gasteiger partial charge in [-0.1, -0.05) is 12.2 Å². The molecule has 0 unspecified atom stereocenters. The van der Waals surface area contributed by atoms with Crippen LogP contribution in [-0.4, -0.2) is 12.2 Å². The lowest BCUT2D eigenvalue weighted by atomic mass is 10.0. The third-order valence-electron chi connectivity index (χ3n) is 1.91. The van der Waals surface area contributed by atoms with Gasteiger partial charge in [0.25, 0.3) is 0 Å². The quantitative estimate of drug-likeness (QED) is 0.508. The Morgan fingerprint density at radius 1 is 1.40 bits per heavy atom. The van der Waals surface area contributed by atoms with Gasteiger partial charge in [0, 0.05) is 0 Å². The molecule has 2 atom stereocenters. The Morgan fingerprint density at radius 3 is 2.80 bits per heavy atom. The van der Waals surface area contributed by atoms with Gasteiger partial charge in [0.1, 0.15) is 0 Å². The second-order valence-electron chi connectivity index (χ2n) is 2.94. The van der Waals surface area contributed by atoms with Crippen molar-refractivity contribution in [3.8, 4) is 0 Å². The van der Waals surface area contributed by atoms with Gasteiger partial charge >= 0.3 is 0 Å². The fourth-order valence-corrected chi connectivity index (χ4v) is 1.40. The van der Waals surface area contributed by atoms with E-state index in [1.165, 1.54) is 19.3 Å². The maximum absolute atomic E-state index is 5.64. The maximum atomic E-state index is 5.64. The highest BCUT2D eigenvalue weighted by Crippen LogP contribution is 2.18. The highest BCUT2D eigenvalue weighted by molar-refractivity contribution is 4.88. The van der Waals surface area contributed by atoms with E-state index < -0.39 is 0 Å². The molecule has 0 aromatic rings. The van der Waals surface area contributed by atoms with E-state index >= 15 is 0 Å². The van der Waals surface area contributed by atoms with Crippen molar-refractivity contribution in [3.63, 3.8) is 0 Å². The topological polar surface area (TPSA) is 9.23 Å². The molecule has 1 heterocycles. The van der Waals surface area contributed by atoms with Crippen LogP contribution in [-0.2, 0) is 4.74 Å². The Hall–Kier alpha value is -0.300. The summed E-state index contributed by atoms with van der Waals surface area (Å²) >= 11 is 0. The van der Waals surface area contributed by atoms with Gasteiger partial charge < -0.3 is 4.74 Å². The van der Waals surface area contributed by atoms with Crippen molar-refractivity contribution in [2.75, 3.05) is 0 Å². The zero-order valence-corrected chi connectivity index (χ0v) is 6.84. The lowest BCUT2D eigenvalue weighted by Crippen LogP contribution is -2.23. The van der Waals surface area contributed by atoms with Crippen molar-refractivity contribution in [1.29, 1.82) is 0 Å². The first-order chi connectivity index (χ1) is 4.83. The Balaban J connectivity index is 2.32. The maximum Gasteiger partial charge on any atom is 0.0759 e. The fraction of sp³-hybridized carbons (Fsp3) is 0.778. The summed E-state index contributed by atoms with van der Waals surface area (Å²) in [5, 5.41) is 0. The number of hydrogen-bond acceptors (Lipinski definition) is 1. The highest BCUT2D eigenvalue weighted by atomic mass is 16.5. The van der Waals surface area contributed by atoms with Gasteiger partial charge in [-0.25, -0.2) is 0 Å². The first-order valence-corrected chi connectivity index (χ1v) is 4.11. The standard InChI is InChI=1S/C9H16O/c1-3-5-9-7-4-6-8(2)10-9/h3,5,8-9H,4,6-7H2,1-2H3/b5-3+/t8-,9-/m0/s1. The van der Waals surface area contributed by atoms with Gasteiger partial charge in [-0.2, -0.15) is 0 Å². The van der Waals surface area contributed by atoms with Crippen LogP contribution in [0.25, 0.3) is 0 Å². The minimum Gasteiger partial charge on any atom is -0.371 e. The summed E-state index contributed by atoms with van der Waals surface area (Å²) in [4.78, 5) is 0. The zero-order chi connectivity index (χ0) is 7.40. The number of allylic oxidation sites excluding steroid dienone is 1. The van der Waals surface area contributed by atoms with Gasteiger partial charge in [-0.05, 0) is 33.1 Å². The molecular formula is C9H16O. The molecule has 58 valence electrons. The van der Waals surface area contributed by atoms with Crippen molar-refractivity contribution in [2.45, 2.75) is 45.3 Å². The molecule has 0 aromatic heterocycles. The second kappa shape index (κ2) is 3.77. The minimum absolute atomic E-state index is 0.397. The second-order valence-corrected chi connectivity index (χ2v) is 2.94. The van der Waals surface area contributed by atoms with Crippen molar-refractivity contribution < 1.29 is 4.74 Å². The summed E-state index contributed by atoms with van der Waals surface area (Å²) in [5.74, 6) is 0. The summed E-state index contributed by atoms with van der Waals surface area (Å²) in [5.41, 5.74) is 0. The Kier molecular flexibility index (Phi) is 2.94. The van der Waals surface area contributed by atoms with E-state index in [1.807, 2.05) is 6.92 Å². The van der Waals surface area contributed by atoms with Gasteiger partial charge in [0.15, 0.2) is 0 Å². The summed E-state index contributed by atoms with van der Waals surface area (Å²) in [7, 11) is 0. The van der Waals surface area contributed by atoms with E-state index in [1.54, 1.807) is 0 Å². The van der Waals surface area contributed by atoms with Gasteiger partial charge in [-0.15, -0.1) is 0 Å². The van der Waals surface area contributed by atoms with E-state index in [0.717, 1.165) is 0 Å². The van der Waals surface area contributed by atoms with E-state index in [2.05, 4.69) is 19.1 Å². The molecule has 0 N–H and O–H groups in total. The van der Waals surface area contributed by atoms with E-state index in [-0.39, 0.29) is 0 Å². The number of ether oxygens (including phenoxy) is 1. The van der Waals surface area contributed by atoms with Gasteiger partial charge in [0.2, 0.25) is 0 Å². The molecule has 1 nitrogen and oxygen atoms in total. The molecule has 0 spiro atoms. The average Bonchev–Trinajstić information content (AvgIpc) is 1.88. The lowest BCUT2D eigenvalue weighted by Gasteiger charge is -2.25. The third-order valence-corrected chi connectivity index (χ3v) is 1.91. The Morgan fingerprint density at radius 2 is 2.20 bits per heavy atom.